The summed E-state index contributed by atoms with van der Waals surface area (Å²) in [5.41, 5.74) is 1.09. The molecule has 0 aliphatic carbocycles. The number of para-hydroxylation sites is 1. The van der Waals surface area contributed by atoms with Gasteiger partial charge in [0, 0.05) is 18.2 Å². The standard InChI is InChI=1S/C16H23NO2/c1-5-7-11-19-16-14(12-17-13(3)4)9-8-10-15(16)18-6-2/h8-10,13,17H,6,11-12H2,1-4H3. The van der Waals surface area contributed by atoms with E-state index in [4.69, 9.17) is 9.47 Å². The first-order valence-electron chi connectivity index (χ1n) is 6.69. The van der Waals surface area contributed by atoms with Crippen molar-refractivity contribution in [1.82, 2.24) is 5.32 Å². The van der Waals surface area contributed by atoms with Crippen molar-refractivity contribution in [2.24, 2.45) is 0 Å². The maximum Gasteiger partial charge on any atom is 0.167 e. The van der Waals surface area contributed by atoms with Gasteiger partial charge in [-0.05, 0) is 19.9 Å². The minimum absolute atomic E-state index is 0.384. The molecule has 1 aromatic carbocycles. The predicted molar refractivity (Wildman–Crippen MR) is 78.5 cm³/mol. The monoisotopic (exact) mass is 261 g/mol. The molecule has 1 aromatic rings. The van der Waals surface area contributed by atoms with Gasteiger partial charge in [-0.25, -0.2) is 0 Å². The van der Waals surface area contributed by atoms with E-state index in [9.17, 15) is 0 Å². The summed E-state index contributed by atoms with van der Waals surface area (Å²) in [5.74, 6) is 7.31. The third kappa shape index (κ3) is 5.23. The lowest BCUT2D eigenvalue weighted by atomic mass is 10.1. The first-order chi connectivity index (χ1) is 9.19. The summed E-state index contributed by atoms with van der Waals surface area (Å²) >= 11 is 0. The van der Waals surface area contributed by atoms with Crippen LogP contribution in [0.4, 0.5) is 0 Å². The molecule has 0 unspecified atom stereocenters. The molecule has 3 nitrogen and oxygen atoms in total. The van der Waals surface area contributed by atoms with Gasteiger partial charge in [-0.1, -0.05) is 31.9 Å². The topological polar surface area (TPSA) is 30.5 Å². The highest BCUT2D eigenvalue weighted by Gasteiger charge is 2.10. The highest BCUT2D eigenvalue weighted by atomic mass is 16.5. The second-order valence-corrected chi connectivity index (χ2v) is 4.43. The number of hydrogen-bond donors (Lipinski definition) is 1. The van der Waals surface area contributed by atoms with Crippen LogP contribution in [0, 0.1) is 11.8 Å². The highest BCUT2D eigenvalue weighted by molar-refractivity contribution is 5.46. The highest BCUT2D eigenvalue weighted by Crippen LogP contribution is 2.31. The van der Waals surface area contributed by atoms with Crippen molar-refractivity contribution in [3.8, 4) is 23.3 Å². The van der Waals surface area contributed by atoms with Gasteiger partial charge in [0.15, 0.2) is 11.5 Å². The second kappa shape index (κ2) is 8.44. The number of benzene rings is 1. The van der Waals surface area contributed by atoms with Gasteiger partial charge < -0.3 is 14.8 Å². The van der Waals surface area contributed by atoms with Gasteiger partial charge in [-0.2, -0.15) is 0 Å². The average Bonchev–Trinajstić information content (AvgIpc) is 2.39. The predicted octanol–water partition coefficient (Wildman–Crippen LogP) is 2.99. The summed E-state index contributed by atoms with van der Waals surface area (Å²) in [6.45, 7) is 9.78. The Hall–Kier alpha value is -1.66. The zero-order chi connectivity index (χ0) is 14.1. The second-order valence-electron chi connectivity index (χ2n) is 4.43. The lowest BCUT2D eigenvalue weighted by Gasteiger charge is -2.16. The van der Waals surface area contributed by atoms with Crippen molar-refractivity contribution in [3.63, 3.8) is 0 Å². The number of rotatable bonds is 7. The Kier molecular flexibility index (Phi) is 6.84. The zero-order valence-corrected chi connectivity index (χ0v) is 12.2. The van der Waals surface area contributed by atoms with Crippen LogP contribution in [0.3, 0.4) is 0 Å². The molecule has 0 aromatic heterocycles. The molecule has 0 amide bonds. The zero-order valence-electron chi connectivity index (χ0n) is 12.2. The van der Waals surface area contributed by atoms with Crippen LogP contribution >= 0.6 is 0 Å². The largest absolute Gasteiger partial charge is 0.490 e. The van der Waals surface area contributed by atoms with E-state index in [1.807, 2.05) is 25.1 Å². The molecule has 0 aliphatic rings. The van der Waals surface area contributed by atoms with Crippen LogP contribution in [-0.4, -0.2) is 19.3 Å². The Morgan fingerprint density at radius 2 is 2.05 bits per heavy atom. The molecule has 0 saturated heterocycles. The van der Waals surface area contributed by atoms with Crippen molar-refractivity contribution >= 4 is 0 Å². The van der Waals surface area contributed by atoms with Crippen molar-refractivity contribution in [1.29, 1.82) is 0 Å². The van der Waals surface area contributed by atoms with Gasteiger partial charge >= 0.3 is 0 Å². The molecule has 19 heavy (non-hydrogen) atoms. The minimum Gasteiger partial charge on any atom is -0.490 e. The maximum absolute atomic E-state index is 5.75. The van der Waals surface area contributed by atoms with Crippen LogP contribution in [0.1, 0.15) is 33.3 Å². The Balaban J connectivity index is 2.91. The average molecular weight is 261 g/mol. The third-order valence-corrected chi connectivity index (χ3v) is 2.53. The van der Waals surface area contributed by atoms with Crippen LogP contribution in [0.5, 0.6) is 11.5 Å². The molecule has 0 bridgehead atoms. The molecule has 1 N–H and O–H groups in total. The van der Waals surface area contributed by atoms with Gasteiger partial charge in [0.05, 0.1) is 6.61 Å². The van der Waals surface area contributed by atoms with E-state index < -0.39 is 0 Å². The normalized spacial score (nSPS) is 9.95. The molecular weight excluding hydrogens is 238 g/mol. The molecule has 0 aliphatic heterocycles. The SMILES string of the molecule is CC#CCOc1c(CNC(C)C)cccc1OCC. The summed E-state index contributed by atoms with van der Waals surface area (Å²) < 4.78 is 11.4. The Morgan fingerprint density at radius 1 is 1.26 bits per heavy atom. The fraction of sp³-hybridized carbons (Fsp3) is 0.500. The smallest absolute Gasteiger partial charge is 0.167 e. The Morgan fingerprint density at radius 3 is 2.68 bits per heavy atom. The molecule has 0 atom stereocenters. The lowest BCUT2D eigenvalue weighted by Crippen LogP contribution is -2.22. The summed E-state index contributed by atoms with van der Waals surface area (Å²) in [6.07, 6.45) is 0. The number of nitrogens with one attached hydrogen (secondary N) is 1. The van der Waals surface area contributed by atoms with Crippen LogP contribution in [-0.2, 0) is 6.54 Å². The Bertz CT molecular complexity index is 444. The van der Waals surface area contributed by atoms with Crippen molar-refractivity contribution in [2.45, 2.75) is 40.3 Å². The number of ether oxygens (including phenoxy) is 2. The van der Waals surface area contributed by atoms with Crippen LogP contribution in [0.2, 0.25) is 0 Å². The van der Waals surface area contributed by atoms with E-state index >= 15 is 0 Å². The summed E-state index contributed by atoms with van der Waals surface area (Å²) in [4.78, 5) is 0. The third-order valence-electron chi connectivity index (χ3n) is 2.53. The van der Waals surface area contributed by atoms with E-state index in [0.29, 0.717) is 19.3 Å². The van der Waals surface area contributed by atoms with Crippen molar-refractivity contribution in [3.05, 3.63) is 23.8 Å². The van der Waals surface area contributed by atoms with Crippen LogP contribution in [0.25, 0.3) is 0 Å². The van der Waals surface area contributed by atoms with Gasteiger partial charge in [0.1, 0.15) is 6.61 Å². The quantitative estimate of drug-likeness (QED) is 0.765. The fourth-order valence-electron chi connectivity index (χ4n) is 1.63. The van der Waals surface area contributed by atoms with Crippen LogP contribution < -0.4 is 14.8 Å². The minimum atomic E-state index is 0.384. The Labute approximate surface area is 116 Å². The molecule has 0 fully saturated rings. The summed E-state index contributed by atoms with van der Waals surface area (Å²) in [7, 11) is 0. The van der Waals surface area contributed by atoms with E-state index in [1.54, 1.807) is 6.92 Å². The molecule has 104 valence electrons. The molecule has 3 heteroatoms. The van der Waals surface area contributed by atoms with Gasteiger partial charge in [0.2, 0.25) is 0 Å². The van der Waals surface area contributed by atoms with E-state index in [-0.39, 0.29) is 0 Å². The number of hydrogen-bond acceptors (Lipinski definition) is 3. The fourth-order valence-corrected chi connectivity index (χ4v) is 1.63. The van der Waals surface area contributed by atoms with E-state index in [2.05, 4.69) is 31.0 Å². The summed E-state index contributed by atoms with van der Waals surface area (Å²) in [5, 5.41) is 3.39. The molecule has 1 rings (SSSR count). The molecule has 0 saturated carbocycles. The molecule has 0 radical (unpaired) electrons. The maximum atomic E-state index is 5.75. The van der Waals surface area contributed by atoms with Gasteiger partial charge in [-0.15, -0.1) is 5.92 Å². The molecular formula is C16H23NO2. The van der Waals surface area contributed by atoms with E-state index in [1.165, 1.54) is 0 Å². The van der Waals surface area contributed by atoms with Crippen molar-refractivity contribution < 1.29 is 9.47 Å². The van der Waals surface area contributed by atoms with Gasteiger partial charge in [0.25, 0.3) is 0 Å². The lowest BCUT2D eigenvalue weighted by molar-refractivity contribution is 0.296. The molecule has 0 spiro atoms. The first kappa shape index (κ1) is 15.4. The summed E-state index contributed by atoms with van der Waals surface area (Å²) in [6, 6.07) is 6.39. The van der Waals surface area contributed by atoms with Gasteiger partial charge in [-0.3, -0.25) is 0 Å². The first-order valence-corrected chi connectivity index (χ1v) is 6.69. The van der Waals surface area contributed by atoms with E-state index in [0.717, 1.165) is 23.6 Å². The molecule has 0 heterocycles. The van der Waals surface area contributed by atoms with Crippen LogP contribution in [0.15, 0.2) is 18.2 Å². The van der Waals surface area contributed by atoms with Crippen molar-refractivity contribution in [2.75, 3.05) is 13.2 Å².